The molecule has 3 aromatic carbocycles. The summed E-state index contributed by atoms with van der Waals surface area (Å²) in [5.41, 5.74) is 1.43. The van der Waals surface area contributed by atoms with E-state index in [0.717, 1.165) is 19.6 Å². The molecule has 0 N–H and O–H groups in total. The Morgan fingerprint density at radius 3 is 2.40 bits per heavy atom. The third-order valence-electron chi connectivity index (χ3n) is 6.65. The predicted octanol–water partition coefficient (Wildman–Crippen LogP) is 3.93. The number of nitrogens with zero attached hydrogens (tertiary/aromatic N) is 3. The summed E-state index contributed by atoms with van der Waals surface area (Å²) in [6.45, 7) is 5.87. The average molecular weight is 492 g/mol. The molecule has 3 aromatic rings. The fourth-order valence-electron chi connectivity index (χ4n) is 4.60. The van der Waals surface area contributed by atoms with Crippen LogP contribution in [0, 0.1) is 5.82 Å². The van der Waals surface area contributed by atoms with Crippen molar-refractivity contribution in [3.63, 3.8) is 0 Å². The van der Waals surface area contributed by atoms with Crippen molar-refractivity contribution in [1.29, 1.82) is 0 Å². The Labute approximate surface area is 206 Å². The van der Waals surface area contributed by atoms with Crippen LogP contribution in [-0.2, 0) is 17.3 Å². The van der Waals surface area contributed by atoms with Gasteiger partial charge in [0.25, 0.3) is 11.8 Å². The highest BCUT2D eigenvalue weighted by Crippen LogP contribution is 2.36. The lowest BCUT2D eigenvalue weighted by molar-refractivity contribution is 0.0643. The van der Waals surface area contributed by atoms with Crippen LogP contribution >= 0.6 is 0 Å². The molecule has 1 atom stereocenters. The van der Waals surface area contributed by atoms with Crippen molar-refractivity contribution in [2.24, 2.45) is 0 Å². The Balaban J connectivity index is 1.58. The van der Waals surface area contributed by atoms with E-state index in [1.54, 1.807) is 65.6 Å². The van der Waals surface area contributed by atoms with E-state index in [0.29, 0.717) is 45.3 Å². The molecule has 1 fully saturated rings. The first-order chi connectivity index (χ1) is 17.0. The first-order valence-corrected chi connectivity index (χ1v) is 12.8. The molecule has 2 amide bonds. The van der Waals surface area contributed by atoms with Gasteiger partial charge in [0.05, 0.1) is 38.4 Å². The summed E-state index contributed by atoms with van der Waals surface area (Å²) in [7, 11) is -1.63. The minimum atomic E-state index is -1.63. The van der Waals surface area contributed by atoms with Crippen molar-refractivity contribution < 1.29 is 18.2 Å². The smallest absolute Gasteiger partial charge is 0.259 e. The summed E-state index contributed by atoms with van der Waals surface area (Å²) in [6, 6.07) is 18.0. The summed E-state index contributed by atoms with van der Waals surface area (Å²) in [5, 5.41) is 0. The van der Waals surface area contributed by atoms with Crippen molar-refractivity contribution in [2.45, 2.75) is 23.3 Å². The minimum Gasteiger partial charge on any atom is -0.336 e. The zero-order valence-electron chi connectivity index (χ0n) is 19.4. The van der Waals surface area contributed by atoms with Crippen LogP contribution in [0.1, 0.15) is 33.2 Å². The van der Waals surface area contributed by atoms with Crippen molar-refractivity contribution in [1.82, 2.24) is 9.80 Å². The van der Waals surface area contributed by atoms with E-state index in [4.69, 9.17) is 0 Å². The molecule has 1 unspecified atom stereocenters. The summed E-state index contributed by atoms with van der Waals surface area (Å²) >= 11 is 0. The number of carbonyl (C=O) groups excluding carboxylic acids is 2. The summed E-state index contributed by atoms with van der Waals surface area (Å²) in [6.07, 6.45) is 0. The minimum absolute atomic E-state index is 0.0448. The number of fused-ring (bicyclic) bond motifs is 2. The Kier molecular flexibility index (Phi) is 6.49. The summed E-state index contributed by atoms with van der Waals surface area (Å²) in [5.74, 6) is -0.937. The molecule has 8 heteroatoms. The fraction of sp³-hybridized carbons (Fsp3) is 0.259. The van der Waals surface area contributed by atoms with Gasteiger partial charge in [-0.25, -0.2) is 8.60 Å². The summed E-state index contributed by atoms with van der Waals surface area (Å²) in [4.78, 5) is 33.4. The normalized spacial score (nSPS) is 18.1. The number of anilines is 1. The zero-order valence-corrected chi connectivity index (χ0v) is 20.3. The van der Waals surface area contributed by atoms with Gasteiger partial charge in [0.1, 0.15) is 5.82 Å². The highest BCUT2D eigenvalue weighted by atomic mass is 32.2. The van der Waals surface area contributed by atoms with Gasteiger partial charge >= 0.3 is 0 Å². The van der Waals surface area contributed by atoms with Gasteiger partial charge in [-0.3, -0.25) is 9.59 Å². The average Bonchev–Trinajstić information content (AvgIpc) is 2.98. The number of hydrogen-bond donors (Lipinski definition) is 0. The number of piperazine rings is 1. The number of hydrogen-bond acceptors (Lipinski definition) is 4. The van der Waals surface area contributed by atoms with Crippen molar-refractivity contribution in [2.75, 3.05) is 37.6 Å². The van der Waals surface area contributed by atoms with Crippen LogP contribution in [0.4, 0.5) is 10.1 Å². The first-order valence-electron chi connectivity index (χ1n) is 11.7. The third kappa shape index (κ3) is 4.39. The van der Waals surface area contributed by atoms with E-state index >= 15 is 0 Å². The predicted molar refractivity (Wildman–Crippen MR) is 132 cm³/mol. The zero-order chi connectivity index (χ0) is 24.5. The second-order valence-electron chi connectivity index (χ2n) is 8.66. The standard InChI is InChI=1S/C27H26FN3O3S/c1-2-29-13-15-30(16-14-29)26(32)19-11-12-25-23(17-19)31(18-20-7-3-5-9-22(20)28)27(33)21-8-4-6-10-24(21)35(25)34/h3-12,17H,2,13-16,18H2,1H3. The van der Waals surface area contributed by atoms with Gasteiger partial charge in [0, 0.05) is 37.3 Å². The Morgan fingerprint density at radius 2 is 1.66 bits per heavy atom. The van der Waals surface area contributed by atoms with Crippen molar-refractivity contribution >= 4 is 28.3 Å². The quantitative estimate of drug-likeness (QED) is 0.555. The molecule has 35 heavy (non-hydrogen) atoms. The van der Waals surface area contributed by atoms with Gasteiger partial charge in [0.15, 0.2) is 0 Å². The van der Waals surface area contributed by atoms with E-state index in [2.05, 4.69) is 11.8 Å². The van der Waals surface area contributed by atoms with Crippen LogP contribution < -0.4 is 4.90 Å². The van der Waals surface area contributed by atoms with E-state index in [9.17, 15) is 18.2 Å². The maximum atomic E-state index is 14.6. The molecular formula is C27H26FN3O3S. The molecule has 2 heterocycles. The lowest BCUT2D eigenvalue weighted by Crippen LogP contribution is -2.48. The molecule has 1 saturated heterocycles. The molecule has 0 spiro atoms. The molecule has 5 rings (SSSR count). The van der Waals surface area contributed by atoms with Crippen LogP contribution in [0.5, 0.6) is 0 Å². The van der Waals surface area contributed by atoms with Gasteiger partial charge in [-0.05, 0) is 42.9 Å². The molecule has 2 aliphatic rings. The van der Waals surface area contributed by atoms with Crippen molar-refractivity contribution in [3.05, 3.63) is 89.2 Å². The first kappa shape index (κ1) is 23.4. The molecule has 180 valence electrons. The van der Waals surface area contributed by atoms with Crippen LogP contribution in [-0.4, -0.2) is 58.5 Å². The molecule has 0 saturated carbocycles. The van der Waals surface area contributed by atoms with Gasteiger partial charge < -0.3 is 14.7 Å². The highest BCUT2D eigenvalue weighted by molar-refractivity contribution is 7.85. The third-order valence-corrected chi connectivity index (χ3v) is 8.15. The second kappa shape index (κ2) is 9.71. The molecule has 2 aliphatic heterocycles. The van der Waals surface area contributed by atoms with Gasteiger partial charge in [-0.2, -0.15) is 0 Å². The molecule has 6 nitrogen and oxygen atoms in total. The Bertz CT molecular complexity index is 1320. The van der Waals surface area contributed by atoms with Crippen molar-refractivity contribution in [3.8, 4) is 0 Å². The second-order valence-corrected chi connectivity index (χ2v) is 10.1. The van der Waals surface area contributed by atoms with Crippen LogP contribution in [0.15, 0.2) is 76.5 Å². The Morgan fingerprint density at radius 1 is 0.943 bits per heavy atom. The fourth-order valence-corrected chi connectivity index (χ4v) is 5.94. The maximum absolute atomic E-state index is 14.6. The van der Waals surface area contributed by atoms with Crippen LogP contribution in [0.3, 0.4) is 0 Å². The number of benzene rings is 3. The van der Waals surface area contributed by atoms with Gasteiger partial charge in [-0.15, -0.1) is 0 Å². The molecular weight excluding hydrogens is 465 g/mol. The Hall–Kier alpha value is -3.36. The van der Waals surface area contributed by atoms with E-state index in [1.807, 2.05) is 0 Å². The number of halogens is 1. The van der Waals surface area contributed by atoms with Crippen LogP contribution in [0.25, 0.3) is 0 Å². The molecule has 0 aromatic heterocycles. The lowest BCUT2D eigenvalue weighted by atomic mass is 10.1. The largest absolute Gasteiger partial charge is 0.336 e. The number of amides is 2. The number of likely N-dealkylation sites (N-methyl/N-ethyl adjacent to an activating group) is 1. The van der Waals surface area contributed by atoms with Gasteiger partial charge in [0.2, 0.25) is 0 Å². The molecule has 0 aliphatic carbocycles. The van der Waals surface area contributed by atoms with E-state index < -0.39 is 16.6 Å². The molecule has 0 bridgehead atoms. The topological polar surface area (TPSA) is 60.9 Å². The number of carbonyl (C=O) groups is 2. The molecule has 0 radical (unpaired) electrons. The highest BCUT2D eigenvalue weighted by Gasteiger charge is 2.32. The lowest BCUT2D eigenvalue weighted by Gasteiger charge is -2.34. The monoisotopic (exact) mass is 491 g/mol. The van der Waals surface area contributed by atoms with E-state index in [-0.39, 0.29) is 18.4 Å². The van der Waals surface area contributed by atoms with Gasteiger partial charge in [-0.1, -0.05) is 37.3 Å². The van der Waals surface area contributed by atoms with E-state index in [1.165, 1.54) is 11.0 Å². The number of rotatable bonds is 4. The van der Waals surface area contributed by atoms with Crippen LogP contribution in [0.2, 0.25) is 0 Å². The SMILES string of the molecule is CCN1CCN(C(=O)c2ccc3c(c2)N(Cc2ccccc2F)C(=O)c2ccccc2S3=O)CC1. The summed E-state index contributed by atoms with van der Waals surface area (Å²) < 4.78 is 28.1. The maximum Gasteiger partial charge on any atom is 0.259 e.